The van der Waals surface area contributed by atoms with E-state index in [2.05, 4.69) is 14.9 Å². The highest BCUT2D eigenvalue weighted by molar-refractivity contribution is 6.29. The fourth-order valence-electron chi connectivity index (χ4n) is 2.19. The van der Waals surface area contributed by atoms with E-state index in [0.29, 0.717) is 23.6 Å². The lowest BCUT2D eigenvalue weighted by Gasteiger charge is -2.23. The molecule has 0 atom stereocenters. The first-order valence-corrected chi connectivity index (χ1v) is 6.93. The smallest absolute Gasteiger partial charge is 0.158 e. The van der Waals surface area contributed by atoms with Gasteiger partial charge in [0.2, 0.25) is 0 Å². The first-order chi connectivity index (χ1) is 8.76. The minimum Gasteiger partial charge on any atom is -0.377 e. The summed E-state index contributed by atoms with van der Waals surface area (Å²) in [5, 5.41) is 0.508. The highest BCUT2D eigenvalue weighted by Crippen LogP contribution is 2.37. The summed E-state index contributed by atoms with van der Waals surface area (Å²) in [7, 11) is 1.65. The second kappa shape index (κ2) is 5.02. The van der Waals surface area contributed by atoms with Crippen LogP contribution in [-0.4, -0.2) is 29.7 Å². The Kier molecular flexibility index (Phi) is 3.39. The van der Waals surface area contributed by atoms with Gasteiger partial charge in [0.05, 0.1) is 0 Å². The molecule has 0 spiro atoms. The Balaban J connectivity index is 1.82. The molecular weight excluding hydrogens is 250 g/mol. The Morgan fingerprint density at radius 3 is 2.72 bits per heavy atom. The fourth-order valence-corrected chi connectivity index (χ4v) is 2.38. The minimum atomic E-state index is 0.412. The Hall–Kier alpha value is -0.870. The summed E-state index contributed by atoms with van der Waals surface area (Å²) in [4.78, 5) is 11.2. The quantitative estimate of drug-likeness (QED) is 0.743. The highest BCUT2D eigenvalue weighted by Gasteiger charge is 2.34. The van der Waals surface area contributed by atoms with Gasteiger partial charge < -0.3 is 9.64 Å². The van der Waals surface area contributed by atoms with E-state index < -0.39 is 0 Å². The van der Waals surface area contributed by atoms with Gasteiger partial charge in [0.15, 0.2) is 5.82 Å². The Morgan fingerprint density at radius 1 is 1.33 bits per heavy atom. The zero-order valence-corrected chi connectivity index (χ0v) is 11.4. The van der Waals surface area contributed by atoms with Crippen molar-refractivity contribution < 1.29 is 4.74 Å². The number of anilines is 1. The Labute approximate surface area is 112 Å². The van der Waals surface area contributed by atoms with Gasteiger partial charge in [-0.1, -0.05) is 11.6 Å². The third-order valence-electron chi connectivity index (χ3n) is 3.43. The number of hydrogen-bond donors (Lipinski definition) is 0. The fraction of sp³-hybridized carbons (Fsp3) is 0.692. The Bertz CT molecular complexity index is 432. The molecule has 0 unspecified atom stereocenters. The largest absolute Gasteiger partial charge is 0.377 e. The predicted octanol–water partition coefficient (Wildman–Crippen LogP) is 2.66. The summed E-state index contributed by atoms with van der Waals surface area (Å²) in [5.74, 6) is 2.49. The van der Waals surface area contributed by atoms with Gasteiger partial charge in [-0.3, -0.25) is 0 Å². The third-order valence-corrected chi connectivity index (χ3v) is 3.63. The van der Waals surface area contributed by atoms with Crippen LogP contribution in [0.4, 0.5) is 5.82 Å². The van der Waals surface area contributed by atoms with Gasteiger partial charge in [-0.05, 0) is 31.6 Å². The number of aromatic nitrogens is 2. The van der Waals surface area contributed by atoms with E-state index in [1.807, 2.05) is 6.07 Å². The van der Waals surface area contributed by atoms with Crippen LogP contribution in [0.25, 0.3) is 0 Å². The lowest BCUT2D eigenvalue weighted by Crippen LogP contribution is -2.29. The van der Waals surface area contributed by atoms with Crippen molar-refractivity contribution >= 4 is 17.4 Å². The van der Waals surface area contributed by atoms with Crippen molar-refractivity contribution in [3.8, 4) is 0 Å². The van der Waals surface area contributed by atoms with Crippen molar-refractivity contribution in [1.29, 1.82) is 0 Å². The summed E-state index contributed by atoms with van der Waals surface area (Å²) in [5.41, 5.74) is 0. The summed E-state index contributed by atoms with van der Waals surface area (Å²) in [6.07, 6.45) is 5.25. The second-order valence-electron chi connectivity index (χ2n) is 5.23. The molecule has 0 bridgehead atoms. The van der Waals surface area contributed by atoms with Gasteiger partial charge in [0.25, 0.3) is 0 Å². The molecule has 3 rings (SSSR count). The molecule has 2 aliphatic rings. The van der Waals surface area contributed by atoms with E-state index in [4.69, 9.17) is 16.3 Å². The van der Waals surface area contributed by atoms with Gasteiger partial charge in [0.1, 0.15) is 17.6 Å². The molecule has 98 valence electrons. The maximum Gasteiger partial charge on any atom is 0.158 e. The molecule has 0 amide bonds. The number of rotatable bonds is 6. The molecule has 1 aromatic heterocycles. The van der Waals surface area contributed by atoms with Crippen LogP contribution >= 0.6 is 11.6 Å². The third kappa shape index (κ3) is 2.93. The van der Waals surface area contributed by atoms with E-state index >= 15 is 0 Å². The molecule has 2 fully saturated rings. The number of ether oxygens (including phenoxy) is 1. The first kappa shape index (κ1) is 12.2. The zero-order valence-electron chi connectivity index (χ0n) is 10.6. The van der Waals surface area contributed by atoms with Gasteiger partial charge in [-0.15, -0.1) is 0 Å². The van der Waals surface area contributed by atoms with Crippen molar-refractivity contribution in [2.45, 2.75) is 38.3 Å². The summed E-state index contributed by atoms with van der Waals surface area (Å²) in [6, 6.07) is 2.54. The lowest BCUT2D eigenvalue weighted by atomic mass is 10.3. The van der Waals surface area contributed by atoms with Crippen molar-refractivity contribution in [3.63, 3.8) is 0 Å². The molecule has 1 heterocycles. The van der Waals surface area contributed by atoms with Crippen LogP contribution in [0.5, 0.6) is 0 Å². The molecule has 5 heteroatoms. The zero-order chi connectivity index (χ0) is 12.5. The van der Waals surface area contributed by atoms with Crippen molar-refractivity contribution in [1.82, 2.24) is 9.97 Å². The maximum absolute atomic E-state index is 6.07. The number of nitrogens with zero attached hydrogens (tertiary/aromatic N) is 3. The van der Waals surface area contributed by atoms with Crippen LogP contribution in [0.3, 0.4) is 0 Å². The molecule has 0 saturated heterocycles. The Morgan fingerprint density at radius 2 is 2.11 bits per heavy atom. The van der Waals surface area contributed by atoms with Gasteiger partial charge in [-0.25, -0.2) is 9.97 Å². The van der Waals surface area contributed by atoms with Crippen LogP contribution in [-0.2, 0) is 11.3 Å². The van der Waals surface area contributed by atoms with E-state index in [1.54, 1.807) is 7.11 Å². The standard InChI is InChI=1S/C13H18ClN3O/c1-18-8-12-15-11(14)6-13(16-12)17(10-4-5-10)7-9-2-3-9/h6,9-10H,2-5,7-8H2,1H3. The van der Waals surface area contributed by atoms with E-state index in [1.165, 1.54) is 25.7 Å². The molecule has 1 aromatic rings. The maximum atomic E-state index is 6.07. The van der Waals surface area contributed by atoms with E-state index in [0.717, 1.165) is 18.3 Å². The molecule has 0 radical (unpaired) electrons. The second-order valence-corrected chi connectivity index (χ2v) is 5.61. The summed E-state index contributed by atoms with van der Waals surface area (Å²) in [6.45, 7) is 1.53. The molecule has 2 saturated carbocycles. The molecule has 0 N–H and O–H groups in total. The van der Waals surface area contributed by atoms with Crippen molar-refractivity contribution in [3.05, 3.63) is 17.0 Å². The monoisotopic (exact) mass is 267 g/mol. The molecule has 0 aliphatic heterocycles. The minimum absolute atomic E-state index is 0.412. The van der Waals surface area contributed by atoms with Crippen LogP contribution < -0.4 is 4.90 Å². The van der Waals surface area contributed by atoms with Crippen LogP contribution in [0.1, 0.15) is 31.5 Å². The normalized spacial score (nSPS) is 19.0. The van der Waals surface area contributed by atoms with E-state index in [-0.39, 0.29) is 0 Å². The van der Waals surface area contributed by atoms with Gasteiger partial charge in [-0.2, -0.15) is 0 Å². The van der Waals surface area contributed by atoms with Crippen LogP contribution in [0.2, 0.25) is 5.15 Å². The van der Waals surface area contributed by atoms with Crippen LogP contribution in [0, 0.1) is 5.92 Å². The molecule has 0 aromatic carbocycles. The SMILES string of the molecule is COCc1nc(Cl)cc(N(CC2CC2)C2CC2)n1. The van der Waals surface area contributed by atoms with E-state index in [9.17, 15) is 0 Å². The number of halogens is 1. The average molecular weight is 268 g/mol. The number of hydrogen-bond acceptors (Lipinski definition) is 4. The molecule has 18 heavy (non-hydrogen) atoms. The average Bonchev–Trinajstić information content (AvgIpc) is 3.19. The number of methoxy groups -OCH3 is 1. The summed E-state index contributed by atoms with van der Waals surface area (Å²) < 4.78 is 5.08. The van der Waals surface area contributed by atoms with Gasteiger partial charge in [0, 0.05) is 25.8 Å². The van der Waals surface area contributed by atoms with Crippen molar-refractivity contribution in [2.24, 2.45) is 5.92 Å². The predicted molar refractivity (Wildman–Crippen MR) is 70.8 cm³/mol. The molecule has 2 aliphatic carbocycles. The topological polar surface area (TPSA) is 38.2 Å². The summed E-state index contributed by atoms with van der Waals surface area (Å²) >= 11 is 6.07. The first-order valence-electron chi connectivity index (χ1n) is 6.55. The molecule has 4 nitrogen and oxygen atoms in total. The van der Waals surface area contributed by atoms with Crippen LogP contribution in [0.15, 0.2) is 6.07 Å². The lowest BCUT2D eigenvalue weighted by molar-refractivity contribution is 0.178. The van der Waals surface area contributed by atoms with Gasteiger partial charge >= 0.3 is 0 Å². The highest BCUT2D eigenvalue weighted by atomic mass is 35.5. The molecular formula is C13H18ClN3O. The van der Waals surface area contributed by atoms with Crippen molar-refractivity contribution in [2.75, 3.05) is 18.6 Å².